The number of para-hydroxylation sites is 1. The summed E-state index contributed by atoms with van der Waals surface area (Å²) in [5.74, 6) is -0.675. The molecule has 0 saturated heterocycles. The lowest BCUT2D eigenvalue weighted by Gasteiger charge is -2.05. The van der Waals surface area contributed by atoms with E-state index in [4.69, 9.17) is 16.3 Å². The monoisotopic (exact) mass is 353 g/mol. The summed E-state index contributed by atoms with van der Waals surface area (Å²) in [5, 5.41) is 1.61. The Hall–Kier alpha value is -2.72. The summed E-state index contributed by atoms with van der Waals surface area (Å²) in [7, 11) is 0. The number of fused-ring (bicyclic) bond motifs is 1. The van der Waals surface area contributed by atoms with E-state index in [0.717, 1.165) is 16.6 Å². The smallest absolute Gasteiger partial charge is 0.306 e. The maximum Gasteiger partial charge on any atom is 0.306 e. The van der Waals surface area contributed by atoms with Gasteiger partial charge in [0.15, 0.2) is 12.4 Å². The van der Waals surface area contributed by atoms with Crippen LogP contribution in [0.4, 0.5) is 0 Å². The van der Waals surface area contributed by atoms with Crippen molar-refractivity contribution in [3.63, 3.8) is 0 Å². The summed E-state index contributed by atoms with van der Waals surface area (Å²) < 4.78 is 5.05. The molecule has 0 spiro atoms. The van der Waals surface area contributed by atoms with Gasteiger partial charge >= 0.3 is 5.97 Å². The first-order chi connectivity index (χ1) is 12.1. The van der Waals surface area contributed by atoms with Crippen LogP contribution in [0.5, 0.6) is 0 Å². The third-order valence-electron chi connectivity index (χ3n) is 3.77. The predicted molar refractivity (Wildman–Crippen MR) is 96.8 cm³/mol. The van der Waals surface area contributed by atoms with Crippen molar-refractivity contribution in [3.8, 4) is 0 Å². The first kappa shape index (κ1) is 17.1. The number of benzene rings is 2. The average Bonchev–Trinajstić information content (AvgIpc) is 2.65. The number of halogens is 1. The second-order valence-corrected chi connectivity index (χ2v) is 6.02. The molecule has 2 aromatic carbocycles. The lowest BCUT2D eigenvalue weighted by Crippen LogP contribution is -2.14. The third kappa shape index (κ3) is 4.64. The number of esters is 1. The van der Waals surface area contributed by atoms with Gasteiger partial charge in [-0.15, -0.1) is 0 Å². The van der Waals surface area contributed by atoms with Crippen LogP contribution in [0.1, 0.15) is 22.5 Å². The number of rotatable bonds is 6. The van der Waals surface area contributed by atoms with Crippen molar-refractivity contribution >= 4 is 34.3 Å². The second-order valence-electron chi connectivity index (χ2n) is 5.59. The highest BCUT2D eigenvalue weighted by Crippen LogP contribution is 2.13. The van der Waals surface area contributed by atoms with Gasteiger partial charge in [0, 0.05) is 28.1 Å². The van der Waals surface area contributed by atoms with Gasteiger partial charge in [-0.05, 0) is 36.4 Å². The van der Waals surface area contributed by atoms with E-state index in [2.05, 4.69) is 4.98 Å². The Kier molecular flexibility index (Phi) is 5.41. The molecule has 0 amide bonds. The highest BCUT2D eigenvalue weighted by molar-refractivity contribution is 6.30. The van der Waals surface area contributed by atoms with Crippen LogP contribution in [0, 0.1) is 0 Å². The number of ketones is 1. The molecular weight excluding hydrogens is 338 g/mol. The van der Waals surface area contributed by atoms with Crippen LogP contribution in [0.2, 0.25) is 5.02 Å². The molecule has 3 aromatic rings. The Labute approximate surface area is 150 Å². The normalized spacial score (nSPS) is 10.6. The fraction of sp³-hybridized carbons (Fsp3) is 0.150. The minimum Gasteiger partial charge on any atom is -0.457 e. The summed E-state index contributed by atoms with van der Waals surface area (Å²) in [5.41, 5.74) is 2.18. The van der Waals surface area contributed by atoms with Crippen LogP contribution in [0.25, 0.3) is 10.9 Å². The number of aromatic nitrogens is 1. The zero-order chi connectivity index (χ0) is 17.6. The Morgan fingerprint density at radius 3 is 2.52 bits per heavy atom. The molecule has 0 N–H and O–H groups in total. The molecule has 5 heteroatoms. The fourth-order valence-corrected chi connectivity index (χ4v) is 2.54. The minimum absolute atomic E-state index is 0.180. The molecule has 126 valence electrons. The van der Waals surface area contributed by atoms with Gasteiger partial charge < -0.3 is 4.74 Å². The molecule has 0 unspecified atom stereocenters. The Morgan fingerprint density at radius 2 is 1.72 bits per heavy atom. The lowest BCUT2D eigenvalue weighted by atomic mass is 10.1. The standard InChI is InChI=1S/C20H16ClNO3/c21-16-8-5-15(6-9-16)19(23)13-25-20(24)12-11-17-10-7-14-3-1-2-4-18(14)22-17/h1-10H,11-13H2. The summed E-state index contributed by atoms with van der Waals surface area (Å²) in [4.78, 5) is 28.3. The van der Waals surface area contributed by atoms with Crippen molar-refractivity contribution in [1.82, 2.24) is 4.98 Å². The maximum atomic E-state index is 11.9. The van der Waals surface area contributed by atoms with Crippen LogP contribution in [-0.4, -0.2) is 23.3 Å². The van der Waals surface area contributed by atoms with E-state index in [9.17, 15) is 9.59 Å². The number of aryl methyl sites for hydroxylation is 1. The largest absolute Gasteiger partial charge is 0.457 e. The van der Waals surface area contributed by atoms with E-state index in [1.807, 2.05) is 36.4 Å². The van der Waals surface area contributed by atoms with Gasteiger partial charge in [-0.1, -0.05) is 35.9 Å². The van der Waals surface area contributed by atoms with E-state index in [-0.39, 0.29) is 18.8 Å². The number of hydrogen-bond donors (Lipinski definition) is 0. The van der Waals surface area contributed by atoms with Crippen LogP contribution >= 0.6 is 11.6 Å². The fourth-order valence-electron chi connectivity index (χ4n) is 2.41. The van der Waals surface area contributed by atoms with E-state index < -0.39 is 5.97 Å². The molecular formula is C20H16ClNO3. The van der Waals surface area contributed by atoms with Crippen LogP contribution in [-0.2, 0) is 16.0 Å². The Balaban J connectivity index is 1.50. The number of pyridine rings is 1. The summed E-state index contributed by atoms with van der Waals surface area (Å²) >= 11 is 5.78. The number of Topliss-reactive ketones (excluding diaryl/α,β-unsaturated/α-hetero) is 1. The third-order valence-corrected chi connectivity index (χ3v) is 4.02. The first-order valence-corrected chi connectivity index (χ1v) is 8.29. The lowest BCUT2D eigenvalue weighted by molar-refractivity contribution is -0.142. The molecule has 0 bridgehead atoms. The second kappa shape index (κ2) is 7.90. The highest BCUT2D eigenvalue weighted by atomic mass is 35.5. The molecule has 0 fully saturated rings. The van der Waals surface area contributed by atoms with Gasteiger partial charge in [0.2, 0.25) is 0 Å². The number of carbonyl (C=O) groups excluding carboxylic acids is 2. The molecule has 25 heavy (non-hydrogen) atoms. The zero-order valence-electron chi connectivity index (χ0n) is 13.4. The Bertz CT molecular complexity index is 906. The summed E-state index contributed by atoms with van der Waals surface area (Å²) in [6.07, 6.45) is 0.651. The maximum absolute atomic E-state index is 11.9. The van der Waals surface area contributed by atoms with Gasteiger partial charge in [0.25, 0.3) is 0 Å². The molecule has 0 saturated carbocycles. The summed E-state index contributed by atoms with van der Waals surface area (Å²) in [6.45, 7) is -0.272. The molecule has 0 radical (unpaired) electrons. The Morgan fingerprint density at radius 1 is 0.960 bits per heavy atom. The topological polar surface area (TPSA) is 56.3 Å². The molecule has 0 aliphatic heterocycles. The first-order valence-electron chi connectivity index (χ1n) is 7.91. The SMILES string of the molecule is O=C(CCc1ccc2ccccc2n1)OCC(=O)c1ccc(Cl)cc1. The van der Waals surface area contributed by atoms with Crippen molar-refractivity contribution in [2.75, 3.05) is 6.61 Å². The van der Waals surface area contributed by atoms with Crippen LogP contribution < -0.4 is 0 Å². The minimum atomic E-state index is -0.419. The average molecular weight is 354 g/mol. The van der Waals surface area contributed by atoms with E-state index in [0.29, 0.717) is 17.0 Å². The van der Waals surface area contributed by atoms with Crippen LogP contribution in [0.3, 0.4) is 0 Å². The number of nitrogens with zero attached hydrogens (tertiary/aromatic N) is 1. The van der Waals surface area contributed by atoms with E-state index in [1.54, 1.807) is 24.3 Å². The molecule has 0 aliphatic carbocycles. The molecule has 0 atom stereocenters. The van der Waals surface area contributed by atoms with Gasteiger partial charge in [-0.2, -0.15) is 0 Å². The predicted octanol–water partition coefficient (Wildman–Crippen LogP) is 4.25. The number of hydrogen-bond acceptors (Lipinski definition) is 4. The van der Waals surface area contributed by atoms with Crippen molar-refractivity contribution in [3.05, 3.63) is 76.9 Å². The van der Waals surface area contributed by atoms with E-state index in [1.165, 1.54) is 0 Å². The van der Waals surface area contributed by atoms with Gasteiger partial charge in [0.05, 0.1) is 11.9 Å². The van der Waals surface area contributed by atoms with E-state index >= 15 is 0 Å². The molecule has 4 nitrogen and oxygen atoms in total. The van der Waals surface area contributed by atoms with Gasteiger partial charge in [-0.3, -0.25) is 14.6 Å². The quantitative estimate of drug-likeness (QED) is 0.491. The van der Waals surface area contributed by atoms with Crippen molar-refractivity contribution < 1.29 is 14.3 Å². The molecule has 0 aliphatic rings. The van der Waals surface area contributed by atoms with Crippen molar-refractivity contribution in [2.24, 2.45) is 0 Å². The molecule has 3 rings (SSSR count). The number of ether oxygens (including phenoxy) is 1. The molecule has 1 heterocycles. The highest BCUT2D eigenvalue weighted by Gasteiger charge is 2.10. The molecule has 1 aromatic heterocycles. The number of carbonyl (C=O) groups is 2. The van der Waals surface area contributed by atoms with Gasteiger partial charge in [0.1, 0.15) is 0 Å². The summed E-state index contributed by atoms with van der Waals surface area (Å²) in [6, 6.07) is 18.2. The van der Waals surface area contributed by atoms with Crippen LogP contribution in [0.15, 0.2) is 60.7 Å². The zero-order valence-corrected chi connectivity index (χ0v) is 14.2. The van der Waals surface area contributed by atoms with Crippen molar-refractivity contribution in [1.29, 1.82) is 0 Å². The van der Waals surface area contributed by atoms with Gasteiger partial charge in [-0.25, -0.2) is 0 Å². The van der Waals surface area contributed by atoms with Crippen molar-refractivity contribution in [2.45, 2.75) is 12.8 Å².